The molecule has 146 valence electrons. The molecule has 6 heteroatoms. The molecule has 1 amide bonds. The maximum Gasteiger partial charge on any atom is 0.270 e. The molecule has 0 bridgehead atoms. The molecular formula is C23H20FN3O2. The predicted octanol–water partition coefficient (Wildman–Crippen LogP) is 5.20. The van der Waals surface area contributed by atoms with Crippen LogP contribution in [0.25, 0.3) is 11.0 Å². The number of aryl methyl sites for hydroxylation is 1. The highest BCUT2D eigenvalue weighted by atomic mass is 19.1. The molecule has 2 heterocycles. The molecule has 0 aliphatic heterocycles. The van der Waals surface area contributed by atoms with Crippen LogP contribution in [0.15, 0.2) is 71.3 Å². The number of carbonyl (C=O) groups is 1. The van der Waals surface area contributed by atoms with E-state index in [2.05, 4.69) is 34.7 Å². The monoisotopic (exact) mass is 389 g/mol. The van der Waals surface area contributed by atoms with Crippen LogP contribution in [-0.4, -0.2) is 10.9 Å². The van der Waals surface area contributed by atoms with Gasteiger partial charge in [-0.25, -0.2) is 9.37 Å². The number of hydrogen-bond donors (Lipinski definition) is 2. The average molecular weight is 389 g/mol. The zero-order valence-electron chi connectivity index (χ0n) is 15.9. The zero-order chi connectivity index (χ0) is 20.2. The van der Waals surface area contributed by atoms with Crippen molar-refractivity contribution in [3.8, 4) is 0 Å². The van der Waals surface area contributed by atoms with Gasteiger partial charge in [-0.15, -0.1) is 0 Å². The predicted molar refractivity (Wildman–Crippen MR) is 111 cm³/mol. The van der Waals surface area contributed by atoms with E-state index in [1.807, 2.05) is 12.1 Å². The summed E-state index contributed by atoms with van der Waals surface area (Å²) < 4.78 is 18.6. The summed E-state index contributed by atoms with van der Waals surface area (Å²) in [7, 11) is 0. The maximum absolute atomic E-state index is 13.2. The number of carbonyl (C=O) groups excluding carboxylic acids is 1. The summed E-state index contributed by atoms with van der Waals surface area (Å²) in [5, 5.41) is 6.75. The lowest BCUT2D eigenvalue weighted by atomic mass is 10.1. The molecule has 2 N–H and O–H groups in total. The molecule has 0 saturated carbocycles. The molecule has 2 aromatic carbocycles. The molecular weight excluding hydrogens is 369 g/mol. The molecule has 0 aliphatic rings. The topological polar surface area (TPSA) is 67.2 Å². The van der Waals surface area contributed by atoms with Crippen LogP contribution in [-0.2, 0) is 13.0 Å². The largest absolute Gasteiger partial charge is 0.464 e. The number of anilines is 2. The van der Waals surface area contributed by atoms with Crippen molar-refractivity contribution in [2.24, 2.45) is 0 Å². The first-order valence-corrected chi connectivity index (χ1v) is 9.39. The van der Waals surface area contributed by atoms with Gasteiger partial charge in [-0.3, -0.25) is 4.79 Å². The fraction of sp³-hybridized carbons (Fsp3) is 0.130. The number of amides is 1. The Labute approximate surface area is 167 Å². The van der Waals surface area contributed by atoms with E-state index in [4.69, 9.17) is 4.42 Å². The number of nitrogens with zero attached hydrogens (tertiary/aromatic N) is 1. The fourth-order valence-electron chi connectivity index (χ4n) is 3.01. The number of rotatable bonds is 6. The number of halogens is 1. The molecule has 2 aromatic heterocycles. The van der Waals surface area contributed by atoms with Gasteiger partial charge in [0.25, 0.3) is 5.91 Å². The summed E-state index contributed by atoms with van der Waals surface area (Å²) in [6, 6.07) is 17.4. The molecule has 0 saturated heterocycles. The van der Waals surface area contributed by atoms with Crippen LogP contribution in [0.3, 0.4) is 0 Å². The second kappa shape index (κ2) is 8.14. The molecule has 4 aromatic rings. The number of nitrogens with one attached hydrogen (secondary N) is 2. The number of fused-ring (bicyclic) bond motifs is 1. The number of pyridine rings is 1. The smallest absolute Gasteiger partial charge is 0.270 e. The van der Waals surface area contributed by atoms with Gasteiger partial charge in [-0.05, 0) is 47.9 Å². The standard InChI is InChI=1S/C23H20FN3O2/c1-2-15-3-5-16(6-4-15)14-25-23(28)20-13-21-19(11-12-29-21)22(27-20)26-18-9-7-17(24)8-10-18/h3-13H,2,14H2,1H3,(H,25,28)(H,26,27). The van der Waals surface area contributed by atoms with Crippen molar-refractivity contribution in [3.05, 3.63) is 89.6 Å². The SMILES string of the molecule is CCc1ccc(CNC(=O)c2cc3occc3c(Nc3ccc(F)cc3)n2)cc1. The Kier molecular flexibility index (Phi) is 5.24. The molecule has 0 aliphatic carbocycles. The summed E-state index contributed by atoms with van der Waals surface area (Å²) in [5.74, 6) is -0.151. The van der Waals surface area contributed by atoms with E-state index in [0.29, 0.717) is 23.6 Å². The summed E-state index contributed by atoms with van der Waals surface area (Å²) in [6.07, 6.45) is 2.52. The number of benzene rings is 2. The van der Waals surface area contributed by atoms with Crippen LogP contribution in [0.1, 0.15) is 28.5 Å². The summed E-state index contributed by atoms with van der Waals surface area (Å²) in [5.41, 5.74) is 3.71. The van der Waals surface area contributed by atoms with Gasteiger partial charge in [0.05, 0.1) is 11.6 Å². The molecule has 4 rings (SSSR count). The third-order valence-corrected chi connectivity index (χ3v) is 4.67. The van der Waals surface area contributed by atoms with Gasteiger partial charge >= 0.3 is 0 Å². The Bertz CT molecular complexity index is 1140. The van der Waals surface area contributed by atoms with Gasteiger partial charge in [0, 0.05) is 18.3 Å². The van der Waals surface area contributed by atoms with Gasteiger partial charge in [0.2, 0.25) is 0 Å². The van der Waals surface area contributed by atoms with E-state index in [-0.39, 0.29) is 17.4 Å². The number of hydrogen-bond acceptors (Lipinski definition) is 4. The first-order valence-electron chi connectivity index (χ1n) is 9.39. The average Bonchev–Trinajstić information content (AvgIpc) is 3.23. The molecule has 5 nitrogen and oxygen atoms in total. The highest BCUT2D eigenvalue weighted by molar-refractivity contribution is 5.99. The van der Waals surface area contributed by atoms with Crippen molar-refractivity contribution in [3.63, 3.8) is 0 Å². The van der Waals surface area contributed by atoms with E-state index < -0.39 is 0 Å². The Morgan fingerprint density at radius 1 is 1.03 bits per heavy atom. The Morgan fingerprint density at radius 2 is 1.76 bits per heavy atom. The summed E-state index contributed by atoms with van der Waals surface area (Å²) in [4.78, 5) is 17.1. The molecule has 0 radical (unpaired) electrons. The van der Waals surface area contributed by atoms with E-state index in [1.54, 1.807) is 30.5 Å². The van der Waals surface area contributed by atoms with E-state index in [0.717, 1.165) is 17.4 Å². The molecule has 0 unspecified atom stereocenters. The van der Waals surface area contributed by atoms with Gasteiger partial charge in [-0.2, -0.15) is 0 Å². The maximum atomic E-state index is 13.2. The normalized spacial score (nSPS) is 10.8. The Morgan fingerprint density at radius 3 is 2.48 bits per heavy atom. The van der Waals surface area contributed by atoms with Crippen LogP contribution in [0.2, 0.25) is 0 Å². The quantitative estimate of drug-likeness (QED) is 0.475. The first kappa shape index (κ1) is 18.7. The van der Waals surface area contributed by atoms with Crippen molar-refractivity contribution in [2.75, 3.05) is 5.32 Å². The lowest BCUT2D eigenvalue weighted by Gasteiger charge is -2.10. The molecule has 0 spiro atoms. The summed E-state index contributed by atoms with van der Waals surface area (Å²) in [6.45, 7) is 2.51. The molecule has 29 heavy (non-hydrogen) atoms. The lowest BCUT2D eigenvalue weighted by molar-refractivity contribution is 0.0946. The van der Waals surface area contributed by atoms with Crippen LogP contribution in [0.5, 0.6) is 0 Å². The Balaban J connectivity index is 1.54. The van der Waals surface area contributed by atoms with Gasteiger partial charge in [0.1, 0.15) is 22.9 Å². The van der Waals surface area contributed by atoms with Crippen LogP contribution < -0.4 is 10.6 Å². The van der Waals surface area contributed by atoms with Crippen LogP contribution in [0, 0.1) is 5.82 Å². The fourth-order valence-corrected chi connectivity index (χ4v) is 3.01. The van der Waals surface area contributed by atoms with Crippen molar-refractivity contribution >= 4 is 28.4 Å². The van der Waals surface area contributed by atoms with E-state index in [1.165, 1.54) is 17.7 Å². The van der Waals surface area contributed by atoms with E-state index >= 15 is 0 Å². The minimum Gasteiger partial charge on any atom is -0.464 e. The van der Waals surface area contributed by atoms with Gasteiger partial charge < -0.3 is 15.1 Å². The van der Waals surface area contributed by atoms with Crippen molar-refractivity contribution < 1.29 is 13.6 Å². The van der Waals surface area contributed by atoms with E-state index in [9.17, 15) is 9.18 Å². The van der Waals surface area contributed by atoms with Crippen molar-refractivity contribution in [2.45, 2.75) is 19.9 Å². The zero-order valence-corrected chi connectivity index (χ0v) is 15.9. The highest BCUT2D eigenvalue weighted by Crippen LogP contribution is 2.26. The highest BCUT2D eigenvalue weighted by Gasteiger charge is 2.14. The summed E-state index contributed by atoms with van der Waals surface area (Å²) >= 11 is 0. The van der Waals surface area contributed by atoms with Crippen LogP contribution >= 0.6 is 0 Å². The third kappa shape index (κ3) is 4.27. The number of aromatic nitrogens is 1. The van der Waals surface area contributed by atoms with Crippen molar-refractivity contribution in [1.29, 1.82) is 0 Å². The van der Waals surface area contributed by atoms with Gasteiger partial charge in [0.15, 0.2) is 0 Å². The minimum atomic E-state index is -0.322. The number of furan rings is 1. The lowest BCUT2D eigenvalue weighted by Crippen LogP contribution is -2.24. The van der Waals surface area contributed by atoms with Gasteiger partial charge in [-0.1, -0.05) is 31.2 Å². The molecule has 0 fully saturated rings. The molecule has 0 atom stereocenters. The second-order valence-electron chi connectivity index (χ2n) is 6.67. The Hall–Kier alpha value is -3.67. The second-order valence-corrected chi connectivity index (χ2v) is 6.67. The third-order valence-electron chi connectivity index (χ3n) is 4.67. The van der Waals surface area contributed by atoms with Crippen LogP contribution in [0.4, 0.5) is 15.9 Å². The minimum absolute atomic E-state index is 0.238. The van der Waals surface area contributed by atoms with Crippen molar-refractivity contribution in [1.82, 2.24) is 10.3 Å². The first-order chi connectivity index (χ1) is 14.1.